The molecule has 1 N–H and O–H groups in total. The van der Waals surface area contributed by atoms with Gasteiger partial charge in [0.05, 0.1) is 18.4 Å². The third-order valence-corrected chi connectivity index (χ3v) is 5.24. The highest BCUT2D eigenvalue weighted by atomic mass is 32.1. The molecule has 0 saturated carbocycles. The van der Waals surface area contributed by atoms with Crippen LogP contribution in [-0.4, -0.2) is 35.1 Å². The molecule has 1 aromatic carbocycles. The number of anilines is 2. The van der Waals surface area contributed by atoms with Crippen LogP contribution in [0.3, 0.4) is 0 Å². The Labute approximate surface area is 183 Å². The Morgan fingerprint density at radius 2 is 1.97 bits per heavy atom. The number of rotatable bonds is 6. The zero-order valence-electron chi connectivity index (χ0n) is 16.5. The molecule has 0 atom stereocenters. The van der Waals surface area contributed by atoms with E-state index in [4.69, 9.17) is 4.52 Å². The first-order chi connectivity index (χ1) is 15.6. The Morgan fingerprint density at radius 1 is 1.09 bits per heavy atom. The summed E-state index contributed by atoms with van der Waals surface area (Å²) in [7, 11) is 0. The van der Waals surface area contributed by atoms with Crippen molar-refractivity contribution in [1.82, 2.24) is 35.1 Å². The second-order valence-corrected chi connectivity index (χ2v) is 7.87. The Kier molecular flexibility index (Phi) is 5.11. The van der Waals surface area contributed by atoms with E-state index in [1.54, 1.807) is 41.9 Å². The van der Waals surface area contributed by atoms with Crippen molar-refractivity contribution in [3.8, 4) is 22.9 Å². The van der Waals surface area contributed by atoms with Gasteiger partial charge in [-0.25, -0.2) is 18.7 Å². The first-order valence-corrected chi connectivity index (χ1v) is 10.2. The van der Waals surface area contributed by atoms with Gasteiger partial charge < -0.3 is 9.84 Å². The third-order valence-electron chi connectivity index (χ3n) is 4.48. The van der Waals surface area contributed by atoms with Crippen LogP contribution in [0.1, 0.15) is 10.6 Å². The summed E-state index contributed by atoms with van der Waals surface area (Å²) in [5, 5.41) is 20.2. The molecule has 0 aliphatic rings. The van der Waals surface area contributed by atoms with Crippen molar-refractivity contribution < 1.29 is 13.3 Å². The van der Waals surface area contributed by atoms with Gasteiger partial charge in [0.1, 0.15) is 28.5 Å². The molecule has 32 heavy (non-hydrogen) atoms. The summed E-state index contributed by atoms with van der Waals surface area (Å²) in [6.07, 6.45) is 2.47. The van der Waals surface area contributed by atoms with E-state index in [1.165, 1.54) is 23.7 Å². The van der Waals surface area contributed by atoms with E-state index >= 15 is 0 Å². The van der Waals surface area contributed by atoms with Gasteiger partial charge in [0.15, 0.2) is 17.5 Å². The number of benzene rings is 1. The van der Waals surface area contributed by atoms with E-state index in [1.807, 2.05) is 0 Å². The molecule has 4 aromatic heterocycles. The van der Waals surface area contributed by atoms with Crippen molar-refractivity contribution in [2.75, 3.05) is 5.32 Å². The zero-order chi connectivity index (χ0) is 22.1. The molecule has 0 fully saturated rings. The number of halogens is 2. The summed E-state index contributed by atoms with van der Waals surface area (Å²) in [6, 6.07) is 9.76. The Hall–Kier alpha value is -4.06. The van der Waals surface area contributed by atoms with E-state index in [9.17, 15) is 8.78 Å². The quantitative estimate of drug-likeness (QED) is 0.408. The molecule has 0 unspecified atom stereocenters. The maximum atomic E-state index is 14.3. The molecule has 5 rings (SSSR count). The van der Waals surface area contributed by atoms with Crippen LogP contribution in [0.15, 0.2) is 53.4 Å². The van der Waals surface area contributed by atoms with Gasteiger partial charge in [-0.05, 0) is 19.1 Å². The molecule has 5 aromatic rings. The molecule has 0 bridgehead atoms. The number of hydrogen-bond donors (Lipinski definition) is 1. The highest BCUT2D eigenvalue weighted by molar-refractivity contribution is 7.15. The van der Waals surface area contributed by atoms with Gasteiger partial charge in [0.25, 0.3) is 0 Å². The van der Waals surface area contributed by atoms with Crippen molar-refractivity contribution in [2.45, 2.75) is 13.5 Å². The van der Waals surface area contributed by atoms with Crippen molar-refractivity contribution in [2.24, 2.45) is 0 Å². The first kappa shape index (κ1) is 19.9. The zero-order valence-corrected chi connectivity index (χ0v) is 17.3. The normalized spacial score (nSPS) is 11.1. The Morgan fingerprint density at radius 3 is 2.72 bits per heavy atom. The van der Waals surface area contributed by atoms with Gasteiger partial charge in [-0.3, -0.25) is 4.68 Å². The second kappa shape index (κ2) is 8.23. The lowest BCUT2D eigenvalue weighted by Gasteiger charge is -2.06. The standard InChI is InChI=1S/C20H14F2N8OS/c1-11-26-27-20(32-11)25-18-14(22)9-23-19(24-18)16-8-17(15-6-7-31-29-15)30(28-16)10-12-4-2-3-5-13(12)21/h2-9H,10H2,1H3,(H,23,24,25,27). The van der Waals surface area contributed by atoms with E-state index in [2.05, 4.69) is 35.7 Å². The first-order valence-electron chi connectivity index (χ1n) is 9.39. The monoisotopic (exact) mass is 452 g/mol. The molecule has 0 radical (unpaired) electrons. The number of hydrogen-bond acceptors (Lipinski definition) is 9. The summed E-state index contributed by atoms with van der Waals surface area (Å²) >= 11 is 1.27. The van der Waals surface area contributed by atoms with Gasteiger partial charge in [0.2, 0.25) is 5.13 Å². The van der Waals surface area contributed by atoms with Crippen molar-refractivity contribution >= 4 is 22.3 Å². The number of aromatic nitrogens is 7. The molecule has 160 valence electrons. The molecule has 0 aliphatic carbocycles. The lowest BCUT2D eigenvalue weighted by atomic mass is 10.2. The maximum Gasteiger partial charge on any atom is 0.211 e. The minimum atomic E-state index is -0.649. The van der Waals surface area contributed by atoms with E-state index in [0.717, 1.165) is 11.2 Å². The largest absolute Gasteiger partial charge is 0.364 e. The Balaban J connectivity index is 1.54. The smallest absolute Gasteiger partial charge is 0.211 e. The summed E-state index contributed by atoms with van der Waals surface area (Å²) < 4.78 is 35.0. The summed E-state index contributed by atoms with van der Waals surface area (Å²) in [6.45, 7) is 1.93. The lowest BCUT2D eigenvalue weighted by Crippen LogP contribution is -2.06. The average molecular weight is 452 g/mol. The van der Waals surface area contributed by atoms with Crippen LogP contribution in [0, 0.1) is 18.6 Å². The van der Waals surface area contributed by atoms with Crippen LogP contribution in [0.4, 0.5) is 19.7 Å². The summed E-state index contributed by atoms with van der Waals surface area (Å²) in [4.78, 5) is 8.32. The predicted molar refractivity (Wildman–Crippen MR) is 112 cm³/mol. The fraction of sp³-hybridized carbons (Fsp3) is 0.100. The fourth-order valence-corrected chi connectivity index (χ4v) is 3.60. The highest BCUT2D eigenvalue weighted by Gasteiger charge is 2.18. The maximum absolute atomic E-state index is 14.3. The molecule has 4 heterocycles. The fourth-order valence-electron chi connectivity index (χ4n) is 3.01. The second-order valence-electron chi connectivity index (χ2n) is 6.69. The average Bonchev–Trinajstić information content (AvgIpc) is 3.53. The highest BCUT2D eigenvalue weighted by Crippen LogP contribution is 2.27. The van der Waals surface area contributed by atoms with E-state index in [0.29, 0.717) is 27.8 Å². The van der Waals surface area contributed by atoms with Crippen LogP contribution in [-0.2, 0) is 6.54 Å². The molecule has 0 amide bonds. The number of aryl methyl sites for hydroxylation is 1. The van der Waals surface area contributed by atoms with Gasteiger partial charge in [-0.1, -0.05) is 34.7 Å². The van der Waals surface area contributed by atoms with Gasteiger partial charge in [-0.2, -0.15) is 5.10 Å². The molecule has 9 nitrogen and oxygen atoms in total. The van der Waals surface area contributed by atoms with Crippen LogP contribution in [0.2, 0.25) is 0 Å². The van der Waals surface area contributed by atoms with Gasteiger partial charge in [-0.15, -0.1) is 10.2 Å². The van der Waals surface area contributed by atoms with E-state index < -0.39 is 5.82 Å². The van der Waals surface area contributed by atoms with Crippen LogP contribution < -0.4 is 5.32 Å². The third kappa shape index (κ3) is 3.95. The topological polar surface area (TPSA) is 107 Å². The lowest BCUT2D eigenvalue weighted by molar-refractivity contribution is 0.421. The minimum absolute atomic E-state index is 0.0576. The van der Waals surface area contributed by atoms with Crippen molar-refractivity contribution in [3.05, 3.63) is 71.1 Å². The van der Waals surface area contributed by atoms with Crippen molar-refractivity contribution in [3.63, 3.8) is 0 Å². The van der Waals surface area contributed by atoms with Crippen molar-refractivity contribution in [1.29, 1.82) is 0 Å². The number of nitrogens with one attached hydrogen (secondary N) is 1. The van der Waals surface area contributed by atoms with Gasteiger partial charge in [0, 0.05) is 11.6 Å². The Bertz CT molecular complexity index is 1380. The van der Waals surface area contributed by atoms with E-state index in [-0.39, 0.29) is 24.0 Å². The van der Waals surface area contributed by atoms with Gasteiger partial charge >= 0.3 is 0 Å². The molecule has 0 aliphatic heterocycles. The molecular weight excluding hydrogens is 438 g/mol. The molecule has 12 heteroatoms. The molecule has 0 saturated heterocycles. The minimum Gasteiger partial charge on any atom is -0.364 e. The van der Waals surface area contributed by atoms with Crippen LogP contribution in [0.5, 0.6) is 0 Å². The summed E-state index contributed by atoms with van der Waals surface area (Å²) in [5.41, 5.74) is 1.88. The summed E-state index contributed by atoms with van der Waals surface area (Å²) in [5.74, 6) is -0.887. The van der Waals surface area contributed by atoms with Crippen LogP contribution >= 0.6 is 11.3 Å². The molecular formula is C20H14F2N8OS. The molecule has 0 spiro atoms. The SMILES string of the molecule is Cc1nnc(Nc2nc(-c3cc(-c4ccon4)n(Cc4ccccc4F)n3)ncc2F)s1. The van der Waals surface area contributed by atoms with Crippen LogP contribution in [0.25, 0.3) is 22.9 Å². The number of nitrogens with zero attached hydrogens (tertiary/aromatic N) is 7. The predicted octanol–water partition coefficient (Wildman–Crippen LogP) is 4.23.